The van der Waals surface area contributed by atoms with E-state index in [4.69, 9.17) is 9.47 Å². The molecule has 0 unspecified atom stereocenters. The fraction of sp³-hybridized carbons (Fsp3) is 0.300. The molecule has 3 rings (SSSR count). The molecule has 6 nitrogen and oxygen atoms in total. The van der Waals surface area contributed by atoms with Gasteiger partial charge in [0.15, 0.2) is 6.61 Å². The van der Waals surface area contributed by atoms with E-state index in [1.165, 1.54) is 0 Å². The maximum atomic E-state index is 12.1. The first-order valence-corrected chi connectivity index (χ1v) is 8.68. The minimum Gasteiger partial charge on any atom is -0.483 e. The number of carbonyl (C=O) groups excluding carboxylic acids is 2. The van der Waals surface area contributed by atoms with Crippen molar-refractivity contribution in [3.63, 3.8) is 0 Å². The van der Waals surface area contributed by atoms with Gasteiger partial charge in [0.05, 0.1) is 6.54 Å². The average molecular weight is 354 g/mol. The van der Waals surface area contributed by atoms with Crippen LogP contribution in [-0.2, 0) is 22.5 Å². The standard InChI is InChI=1S/C20H22N2O4/c1-2-16-7-3-4-9-18(16)26-14-19(23)21-13-15-6-5-8-17(12-15)22-10-11-25-20(22)24/h3-9,12H,2,10-11,13-14H2,1H3,(H,21,23). The third-order valence-electron chi connectivity index (χ3n) is 4.19. The summed E-state index contributed by atoms with van der Waals surface area (Å²) in [6.07, 6.45) is 0.512. The van der Waals surface area contributed by atoms with Gasteiger partial charge in [-0.05, 0) is 35.7 Å². The van der Waals surface area contributed by atoms with Crippen molar-refractivity contribution in [3.8, 4) is 5.75 Å². The Kier molecular flexibility index (Phi) is 5.73. The number of carbonyl (C=O) groups is 2. The van der Waals surface area contributed by atoms with Gasteiger partial charge >= 0.3 is 6.09 Å². The van der Waals surface area contributed by atoms with Crippen molar-refractivity contribution in [2.45, 2.75) is 19.9 Å². The highest BCUT2D eigenvalue weighted by Crippen LogP contribution is 2.20. The number of ether oxygens (including phenoxy) is 2. The molecule has 1 aliphatic heterocycles. The lowest BCUT2D eigenvalue weighted by molar-refractivity contribution is -0.123. The van der Waals surface area contributed by atoms with Gasteiger partial charge < -0.3 is 14.8 Å². The van der Waals surface area contributed by atoms with Gasteiger partial charge in [0.2, 0.25) is 0 Å². The van der Waals surface area contributed by atoms with Crippen molar-refractivity contribution in [2.75, 3.05) is 24.7 Å². The van der Waals surface area contributed by atoms with Gasteiger partial charge in [-0.25, -0.2) is 4.79 Å². The molecule has 2 amide bonds. The Balaban J connectivity index is 1.52. The second-order valence-electron chi connectivity index (χ2n) is 5.96. The second-order valence-corrected chi connectivity index (χ2v) is 5.96. The van der Waals surface area contributed by atoms with Crippen molar-refractivity contribution >= 4 is 17.7 Å². The lowest BCUT2D eigenvalue weighted by atomic mass is 10.1. The maximum absolute atomic E-state index is 12.1. The maximum Gasteiger partial charge on any atom is 0.414 e. The molecule has 0 aliphatic carbocycles. The Morgan fingerprint density at radius 1 is 1.23 bits per heavy atom. The molecule has 6 heteroatoms. The Morgan fingerprint density at radius 3 is 2.85 bits per heavy atom. The van der Waals surface area contributed by atoms with Crippen LogP contribution in [0, 0.1) is 0 Å². The van der Waals surface area contributed by atoms with Crippen molar-refractivity contribution in [1.82, 2.24) is 5.32 Å². The van der Waals surface area contributed by atoms with Crippen molar-refractivity contribution in [2.24, 2.45) is 0 Å². The van der Waals surface area contributed by atoms with Gasteiger partial charge in [0, 0.05) is 12.2 Å². The van der Waals surface area contributed by atoms with Crippen molar-refractivity contribution in [3.05, 3.63) is 59.7 Å². The van der Waals surface area contributed by atoms with Gasteiger partial charge in [0.1, 0.15) is 12.4 Å². The molecule has 1 aliphatic rings. The number of benzene rings is 2. The first kappa shape index (κ1) is 17.8. The summed E-state index contributed by atoms with van der Waals surface area (Å²) in [6, 6.07) is 15.2. The predicted octanol–water partition coefficient (Wildman–Crippen LogP) is 2.90. The summed E-state index contributed by atoms with van der Waals surface area (Å²) in [7, 11) is 0. The number of hydrogen-bond donors (Lipinski definition) is 1. The first-order chi connectivity index (χ1) is 12.7. The highest BCUT2D eigenvalue weighted by molar-refractivity contribution is 5.89. The van der Waals surface area contributed by atoms with E-state index in [0.29, 0.717) is 19.7 Å². The molecule has 1 saturated heterocycles. The van der Waals surface area contributed by atoms with E-state index in [-0.39, 0.29) is 18.6 Å². The summed E-state index contributed by atoms with van der Waals surface area (Å²) in [4.78, 5) is 25.3. The number of para-hydroxylation sites is 1. The quantitative estimate of drug-likeness (QED) is 0.830. The first-order valence-electron chi connectivity index (χ1n) is 8.68. The number of cyclic esters (lactones) is 1. The van der Waals surface area contributed by atoms with Crippen LogP contribution >= 0.6 is 0 Å². The Morgan fingerprint density at radius 2 is 2.08 bits per heavy atom. The van der Waals surface area contributed by atoms with Crippen LogP contribution in [0.15, 0.2) is 48.5 Å². The van der Waals surface area contributed by atoms with Gasteiger partial charge in [-0.1, -0.05) is 37.3 Å². The minimum absolute atomic E-state index is 0.0326. The van der Waals surface area contributed by atoms with Gasteiger partial charge in [-0.3, -0.25) is 9.69 Å². The van der Waals surface area contributed by atoms with Gasteiger partial charge in [-0.15, -0.1) is 0 Å². The van der Waals surface area contributed by atoms with Crippen molar-refractivity contribution < 1.29 is 19.1 Å². The zero-order valence-corrected chi connectivity index (χ0v) is 14.7. The number of anilines is 1. The Labute approximate surface area is 152 Å². The molecule has 0 bridgehead atoms. The summed E-state index contributed by atoms with van der Waals surface area (Å²) in [6.45, 7) is 3.32. The number of rotatable bonds is 7. The summed E-state index contributed by atoms with van der Waals surface area (Å²) in [5, 5.41) is 2.84. The van der Waals surface area contributed by atoms with E-state index in [0.717, 1.165) is 29.0 Å². The SMILES string of the molecule is CCc1ccccc1OCC(=O)NCc1cccc(N2CCOC2=O)c1. The number of amides is 2. The average Bonchev–Trinajstić information content (AvgIpc) is 3.11. The van der Waals surface area contributed by atoms with Crippen LogP contribution in [0.3, 0.4) is 0 Å². The van der Waals surface area contributed by atoms with Crippen LogP contribution in [0.25, 0.3) is 0 Å². The second kappa shape index (κ2) is 8.38. The zero-order chi connectivity index (χ0) is 18.4. The van der Waals surface area contributed by atoms with E-state index in [9.17, 15) is 9.59 Å². The molecule has 0 spiro atoms. The molecule has 2 aromatic rings. The molecular weight excluding hydrogens is 332 g/mol. The van der Waals surface area contributed by atoms with E-state index in [2.05, 4.69) is 5.32 Å². The molecule has 1 N–H and O–H groups in total. The Hall–Kier alpha value is -3.02. The fourth-order valence-corrected chi connectivity index (χ4v) is 2.79. The molecule has 0 radical (unpaired) electrons. The highest BCUT2D eigenvalue weighted by atomic mass is 16.6. The number of aryl methyl sites for hydroxylation is 1. The summed E-state index contributed by atoms with van der Waals surface area (Å²) in [5.41, 5.74) is 2.75. The zero-order valence-electron chi connectivity index (χ0n) is 14.7. The van der Waals surface area contributed by atoms with Crippen LogP contribution in [0.4, 0.5) is 10.5 Å². The van der Waals surface area contributed by atoms with Crippen LogP contribution in [-0.4, -0.2) is 31.8 Å². The molecular formula is C20H22N2O4. The molecule has 0 atom stereocenters. The highest BCUT2D eigenvalue weighted by Gasteiger charge is 2.23. The lowest BCUT2D eigenvalue weighted by Crippen LogP contribution is -2.29. The molecule has 1 heterocycles. The van der Waals surface area contributed by atoms with Crippen LogP contribution in [0.1, 0.15) is 18.1 Å². The largest absolute Gasteiger partial charge is 0.483 e. The Bertz CT molecular complexity index is 791. The molecule has 2 aromatic carbocycles. The summed E-state index contributed by atoms with van der Waals surface area (Å²) < 4.78 is 10.6. The topological polar surface area (TPSA) is 67.9 Å². The molecule has 26 heavy (non-hydrogen) atoms. The fourth-order valence-electron chi connectivity index (χ4n) is 2.79. The number of hydrogen-bond acceptors (Lipinski definition) is 4. The summed E-state index contributed by atoms with van der Waals surface area (Å²) >= 11 is 0. The minimum atomic E-state index is -0.339. The predicted molar refractivity (Wildman–Crippen MR) is 98.3 cm³/mol. The van der Waals surface area contributed by atoms with Gasteiger partial charge in [0.25, 0.3) is 5.91 Å². The lowest BCUT2D eigenvalue weighted by Gasteiger charge is -2.14. The normalized spacial score (nSPS) is 13.4. The van der Waals surface area contributed by atoms with E-state index < -0.39 is 0 Å². The van der Waals surface area contributed by atoms with Crippen molar-refractivity contribution in [1.29, 1.82) is 0 Å². The van der Waals surface area contributed by atoms with Crippen LogP contribution in [0.2, 0.25) is 0 Å². The molecule has 0 aromatic heterocycles. The van der Waals surface area contributed by atoms with Crippen LogP contribution in [0.5, 0.6) is 5.75 Å². The van der Waals surface area contributed by atoms with E-state index >= 15 is 0 Å². The molecule has 1 fully saturated rings. The molecule has 136 valence electrons. The number of nitrogens with zero attached hydrogens (tertiary/aromatic N) is 1. The van der Waals surface area contributed by atoms with Crippen LogP contribution < -0.4 is 15.0 Å². The molecule has 0 saturated carbocycles. The van der Waals surface area contributed by atoms with E-state index in [1.807, 2.05) is 55.5 Å². The van der Waals surface area contributed by atoms with E-state index in [1.54, 1.807) is 4.90 Å². The monoisotopic (exact) mass is 354 g/mol. The third kappa shape index (κ3) is 4.33. The summed E-state index contributed by atoms with van der Waals surface area (Å²) in [5.74, 6) is 0.543. The smallest absolute Gasteiger partial charge is 0.414 e. The number of nitrogens with one attached hydrogen (secondary N) is 1. The van der Waals surface area contributed by atoms with Gasteiger partial charge in [-0.2, -0.15) is 0 Å². The third-order valence-corrected chi connectivity index (χ3v) is 4.19.